The summed E-state index contributed by atoms with van der Waals surface area (Å²) in [5, 5.41) is 3.37. The fraction of sp³-hybridized carbons (Fsp3) is 0.500. The zero-order chi connectivity index (χ0) is 16.0. The van der Waals surface area contributed by atoms with Crippen molar-refractivity contribution >= 4 is 40.5 Å². The van der Waals surface area contributed by atoms with Gasteiger partial charge in [-0.3, -0.25) is 9.69 Å². The molecule has 0 aliphatic carbocycles. The molecule has 1 aromatic rings. The molecule has 3 N–H and O–H groups in total. The van der Waals surface area contributed by atoms with Crippen LogP contribution in [0.25, 0.3) is 0 Å². The molecule has 0 saturated carbocycles. The number of amides is 1. The predicted molar refractivity (Wildman–Crippen MR) is 88.1 cm³/mol. The van der Waals surface area contributed by atoms with Crippen molar-refractivity contribution in [3.63, 3.8) is 0 Å². The van der Waals surface area contributed by atoms with Crippen LogP contribution in [0, 0.1) is 0 Å². The molecule has 0 bridgehead atoms. The second-order valence-corrected chi connectivity index (χ2v) is 5.52. The quantitative estimate of drug-likeness (QED) is 0.594. The van der Waals surface area contributed by atoms with Crippen molar-refractivity contribution in [3.05, 3.63) is 22.2 Å². The van der Waals surface area contributed by atoms with E-state index in [4.69, 9.17) is 33.7 Å². The van der Waals surface area contributed by atoms with Gasteiger partial charge in [0.25, 0.3) is 0 Å². The van der Waals surface area contributed by atoms with E-state index in [1.54, 1.807) is 19.1 Å². The van der Waals surface area contributed by atoms with E-state index in [0.29, 0.717) is 41.2 Å². The van der Waals surface area contributed by atoms with Gasteiger partial charge in [0.15, 0.2) is 0 Å². The highest BCUT2D eigenvalue weighted by molar-refractivity contribution is 6.40. The zero-order valence-corrected chi connectivity index (χ0v) is 14.0. The summed E-state index contributed by atoms with van der Waals surface area (Å²) in [5.74, 6) is -0.192. The van der Waals surface area contributed by atoms with E-state index < -0.39 is 0 Å². The lowest BCUT2D eigenvalue weighted by atomic mass is 10.2. The van der Waals surface area contributed by atoms with Crippen LogP contribution in [0.2, 0.25) is 10.0 Å². The number of ether oxygens (including phenoxy) is 1. The maximum absolute atomic E-state index is 12.2. The summed E-state index contributed by atoms with van der Waals surface area (Å²) in [6.07, 6.45) is 0. The number of carbonyl (C=O) groups is 1. The summed E-state index contributed by atoms with van der Waals surface area (Å²) in [4.78, 5) is 14.1. The molecule has 1 amide bonds. The molecule has 0 radical (unpaired) electrons. The molecule has 0 aliphatic heterocycles. The molecule has 0 aromatic heterocycles. The van der Waals surface area contributed by atoms with Gasteiger partial charge in [0.1, 0.15) is 0 Å². The van der Waals surface area contributed by atoms with Crippen LogP contribution < -0.4 is 11.1 Å². The predicted octanol–water partition coefficient (Wildman–Crippen LogP) is 2.87. The van der Waals surface area contributed by atoms with Gasteiger partial charge in [-0.2, -0.15) is 0 Å². The van der Waals surface area contributed by atoms with Gasteiger partial charge >= 0.3 is 0 Å². The second kappa shape index (κ2) is 8.44. The molecular formula is C14H21Cl2N3O2. The Hall–Kier alpha value is -1.01. The lowest BCUT2D eigenvalue weighted by molar-refractivity contribution is -0.120. The third kappa shape index (κ3) is 5.36. The highest BCUT2D eigenvalue weighted by atomic mass is 35.5. The Morgan fingerprint density at radius 2 is 2.00 bits per heavy atom. The summed E-state index contributed by atoms with van der Waals surface area (Å²) in [5.41, 5.74) is 6.46. The van der Waals surface area contributed by atoms with Crippen molar-refractivity contribution in [1.29, 1.82) is 0 Å². The van der Waals surface area contributed by atoms with Crippen LogP contribution in [0.5, 0.6) is 0 Å². The van der Waals surface area contributed by atoms with Gasteiger partial charge in [0.05, 0.1) is 28.4 Å². The number of nitrogens with two attached hydrogens (primary N) is 1. The average molecular weight is 334 g/mol. The Kier molecular flexibility index (Phi) is 7.25. The van der Waals surface area contributed by atoms with Crippen LogP contribution in [0.1, 0.15) is 13.8 Å². The molecule has 7 heteroatoms. The highest BCUT2D eigenvalue weighted by Gasteiger charge is 2.20. The van der Waals surface area contributed by atoms with Crippen LogP contribution in [0.4, 0.5) is 11.4 Å². The third-order valence-electron chi connectivity index (χ3n) is 3.15. The lowest BCUT2D eigenvalue weighted by Crippen LogP contribution is -2.41. The largest absolute Gasteiger partial charge is 0.399 e. The maximum Gasteiger partial charge on any atom is 0.241 e. The summed E-state index contributed by atoms with van der Waals surface area (Å²) >= 11 is 12.1. The zero-order valence-electron chi connectivity index (χ0n) is 12.5. The van der Waals surface area contributed by atoms with Crippen LogP contribution in [-0.4, -0.2) is 43.7 Å². The van der Waals surface area contributed by atoms with E-state index in [0.717, 1.165) is 0 Å². The smallest absolute Gasteiger partial charge is 0.241 e. The Morgan fingerprint density at radius 1 is 1.43 bits per heavy atom. The molecule has 1 unspecified atom stereocenters. The number of nitrogens with zero attached hydrogens (tertiary/aromatic N) is 1. The van der Waals surface area contributed by atoms with Crippen molar-refractivity contribution in [3.8, 4) is 0 Å². The molecule has 1 atom stereocenters. The number of carbonyl (C=O) groups excluding carboxylic acids is 1. The van der Waals surface area contributed by atoms with E-state index in [1.165, 1.54) is 0 Å². The number of anilines is 2. The fourth-order valence-electron chi connectivity index (χ4n) is 1.69. The number of halogens is 2. The molecule has 0 spiro atoms. The molecule has 21 heavy (non-hydrogen) atoms. The van der Waals surface area contributed by atoms with Crippen LogP contribution in [0.3, 0.4) is 0 Å². The van der Waals surface area contributed by atoms with Gasteiger partial charge in [-0.15, -0.1) is 0 Å². The third-order valence-corrected chi connectivity index (χ3v) is 3.74. The van der Waals surface area contributed by atoms with E-state index in [2.05, 4.69) is 5.32 Å². The number of nitrogens with one attached hydrogen (secondary N) is 1. The van der Waals surface area contributed by atoms with Gasteiger partial charge in [-0.05, 0) is 33.0 Å². The van der Waals surface area contributed by atoms with Crippen LogP contribution in [0.15, 0.2) is 12.1 Å². The van der Waals surface area contributed by atoms with Gasteiger partial charge < -0.3 is 15.8 Å². The Labute approximate surface area is 135 Å². The maximum atomic E-state index is 12.2. The van der Waals surface area contributed by atoms with Crippen LogP contribution in [-0.2, 0) is 9.53 Å². The summed E-state index contributed by atoms with van der Waals surface area (Å²) in [7, 11) is 1.86. The first-order valence-corrected chi connectivity index (χ1v) is 7.45. The van der Waals surface area contributed by atoms with Crippen molar-refractivity contribution in [2.75, 3.05) is 37.9 Å². The normalized spacial score (nSPS) is 12.5. The molecule has 0 aliphatic rings. The number of hydrogen-bond acceptors (Lipinski definition) is 4. The van der Waals surface area contributed by atoms with E-state index in [-0.39, 0.29) is 11.9 Å². The second-order valence-electron chi connectivity index (χ2n) is 4.70. The molecule has 0 saturated heterocycles. The molecule has 118 valence electrons. The first-order valence-electron chi connectivity index (χ1n) is 6.70. The van der Waals surface area contributed by atoms with Gasteiger partial charge in [-0.25, -0.2) is 0 Å². The van der Waals surface area contributed by atoms with Crippen molar-refractivity contribution < 1.29 is 9.53 Å². The molecule has 1 aromatic carbocycles. The summed E-state index contributed by atoms with van der Waals surface area (Å²) in [6.45, 7) is 5.63. The van der Waals surface area contributed by atoms with Gasteiger partial charge in [0, 0.05) is 18.8 Å². The number of benzene rings is 1. The van der Waals surface area contributed by atoms with E-state index in [9.17, 15) is 4.79 Å². The number of nitrogen functional groups attached to an aromatic ring is 1. The van der Waals surface area contributed by atoms with Crippen molar-refractivity contribution in [1.82, 2.24) is 4.90 Å². The molecule has 5 nitrogen and oxygen atoms in total. The van der Waals surface area contributed by atoms with E-state index in [1.807, 2.05) is 18.9 Å². The minimum absolute atomic E-state index is 0.192. The summed E-state index contributed by atoms with van der Waals surface area (Å²) in [6, 6.07) is 2.76. The molecular weight excluding hydrogens is 313 g/mol. The standard InChI is InChI=1S/C14H21Cl2N3O2/c1-4-21-6-5-19(3)9(2)14(20)18-13-11(15)7-10(17)8-12(13)16/h7-9H,4-6,17H2,1-3H3,(H,18,20). The average Bonchev–Trinajstić information content (AvgIpc) is 2.41. The first kappa shape index (κ1) is 18.0. The van der Waals surface area contributed by atoms with E-state index >= 15 is 0 Å². The fourth-order valence-corrected chi connectivity index (χ4v) is 2.28. The molecule has 0 heterocycles. The lowest BCUT2D eigenvalue weighted by Gasteiger charge is -2.24. The Balaban J connectivity index is 2.68. The monoisotopic (exact) mass is 333 g/mol. The SMILES string of the molecule is CCOCCN(C)C(C)C(=O)Nc1c(Cl)cc(N)cc1Cl. The molecule has 1 rings (SSSR count). The number of hydrogen-bond donors (Lipinski definition) is 2. The van der Waals surface area contributed by atoms with Crippen LogP contribution >= 0.6 is 23.2 Å². The number of rotatable bonds is 7. The highest BCUT2D eigenvalue weighted by Crippen LogP contribution is 2.32. The Morgan fingerprint density at radius 3 is 2.52 bits per heavy atom. The van der Waals surface area contributed by atoms with Crippen molar-refractivity contribution in [2.24, 2.45) is 0 Å². The minimum Gasteiger partial charge on any atom is -0.399 e. The molecule has 0 fully saturated rings. The topological polar surface area (TPSA) is 67.6 Å². The van der Waals surface area contributed by atoms with Gasteiger partial charge in [-0.1, -0.05) is 23.2 Å². The van der Waals surface area contributed by atoms with Crippen molar-refractivity contribution in [2.45, 2.75) is 19.9 Å². The first-order chi connectivity index (χ1) is 9.86. The summed E-state index contributed by atoms with van der Waals surface area (Å²) < 4.78 is 5.27. The number of likely N-dealkylation sites (N-methyl/N-ethyl adjacent to an activating group) is 1. The Bertz CT molecular complexity index is 474. The van der Waals surface area contributed by atoms with Gasteiger partial charge in [0.2, 0.25) is 5.91 Å². The minimum atomic E-state index is -0.338.